The molecule has 1 aromatic carbocycles. The number of hydrogen-bond acceptors (Lipinski definition) is 2. The normalized spacial score (nSPS) is 11.1. The van der Waals surface area contributed by atoms with Crippen molar-refractivity contribution in [2.45, 2.75) is 26.4 Å². The quantitative estimate of drug-likeness (QED) is 0.584. The van der Waals surface area contributed by atoms with Crippen molar-refractivity contribution in [1.29, 1.82) is 0 Å². The molecule has 1 aromatic rings. The number of benzene rings is 1. The molecule has 0 saturated heterocycles. The van der Waals surface area contributed by atoms with Crippen molar-refractivity contribution in [2.24, 2.45) is 0 Å². The Morgan fingerprint density at radius 2 is 1.94 bits per heavy atom. The van der Waals surface area contributed by atoms with Gasteiger partial charge in [0.05, 0.1) is 0 Å². The van der Waals surface area contributed by atoms with Crippen LogP contribution in [0.15, 0.2) is 42.5 Å². The molecule has 0 unspecified atom stereocenters. The second-order valence-corrected chi connectivity index (χ2v) is 4.71. The van der Waals surface area contributed by atoms with Gasteiger partial charge >= 0.3 is 0 Å². The average Bonchev–Trinajstić information content (AvgIpc) is 2.29. The lowest BCUT2D eigenvalue weighted by Crippen LogP contribution is -2.32. The Morgan fingerprint density at radius 3 is 2.44 bits per heavy atom. The largest absolute Gasteiger partial charge is 0.293 e. The topological polar surface area (TPSA) is 3.24 Å². The maximum absolute atomic E-state index is 4.26. The Hall–Kier alpha value is -0.730. The van der Waals surface area contributed by atoms with Crippen molar-refractivity contribution in [3.05, 3.63) is 48.0 Å². The highest BCUT2D eigenvalue weighted by atomic mass is 32.1. The van der Waals surface area contributed by atoms with E-state index < -0.39 is 0 Å². The van der Waals surface area contributed by atoms with Gasteiger partial charge in [-0.2, -0.15) is 12.6 Å². The highest BCUT2D eigenvalue weighted by Gasteiger charge is 2.10. The molecular formula is C14H21NS. The SMILES string of the molecule is C=C(CS)CN(Cc1ccccc1)C(C)C. The van der Waals surface area contributed by atoms with Crippen LogP contribution in [-0.4, -0.2) is 23.2 Å². The van der Waals surface area contributed by atoms with E-state index in [0.29, 0.717) is 6.04 Å². The van der Waals surface area contributed by atoms with E-state index >= 15 is 0 Å². The van der Waals surface area contributed by atoms with Crippen LogP contribution in [0, 0.1) is 0 Å². The first kappa shape index (κ1) is 13.3. The predicted molar refractivity (Wildman–Crippen MR) is 75.0 cm³/mol. The van der Waals surface area contributed by atoms with Gasteiger partial charge in [-0.05, 0) is 19.4 Å². The number of rotatable bonds is 6. The third-order valence-electron chi connectivity index (χ3n) is 2.61. The third kappa shape index (κ3) is 4.42. The number of hydrogen-bond donors (Lipinski definition) is 1. The summed E-state index contributed by atoms with van der Waals surface area (Å²) in [4.78, 5) is 2.41. The minimum atomic E-state index is 0.525. The first-order valence-electron chi connectivity index (χ1n) is 5.69. The highest BCUT2D eigenvalue weighted by molar-refractivity contribution is 7.80. The lowest BCUT2D eigenvalue weighted by atomic mass is 10.1. The highest BCUT2D eigenvalue weighted by Crippen LogP contribution is 2.10. The van der Waals surface area contributed by atoms with Gasteiger partial charge in [-0.15, -0.1) is 0 Å². The molecule has 0 aliphatic carbocycles. The van der Waals surface area contributed by atoms with Gasteiger partial charge in [0.25, 0.3) is 0 Å². The lowest BCUT2D eigenvalue weighted by molar-refractivity contribution is 0.232. The Labute approximate surface area is 105 Å². The first-order valence-corrected chi connectivity index (χ1v) is 6.32. The number of nitrogens with zero attached hydrogens (tertiary/aromatic N) is 1. The molecule has 0 aromatic heterocycles. The molecule has 0 saturated carbocycles. The summed E-state index contributed by atoms with van der Waals surface area (Å²) in [6, 6.07) is 11.1. The fraction of sp³-hybridized carbons (Fsp3) is 0.429. The summed E-state index contributed by atoms with van der Waals surface area (Å²) in [6.45, 7) is 10.4. The van der Waals surface area contributed by atoms with E-state index in [2.05, 4.69) is 68.3 Å². The molecule has 0 fully saturated rings. The second-order valence-electron chi connectivity index (χ2n) is 4.39. The van der Waals surface area contributed by atoms with Gasteiger partial charge in [0.2, 0.25) is 0 Å². The zero-order chi connectivity index (χ0) is 12.0. The van der Waals surface area contributed by atoms with E-state index in [1.807, 2.05) is 0 Å². The molecule has 0 bridgehead atoms. The van der Waals surface area contributed by atoms with E-state index in [0.717, 1.165) is 18.8 Å². The molecular weight excluding hydrogens is 214 g/mol. The summed E-state index contributed by atoms with van der Waals surface area (Å²) in [5, 5.41) is 0. The van der Waals surface area contributed by atoms with Crippen molar-refractivity contribution in [3.63, 3.8) is 0 Å². The van der Waals surface area contributed by atoms with Gasteiger partial charge in [-0.25, -0.2) is 0 Å². The standard InChI is InChI=1S/C14H21NS/c1-12(2)15(9-13(3)11-16)10-14-7-5-4-6-8-14/h4-8,12,16H,3,9-11H2,1-2H3. The van der Waals surface area contributed by atoms with Crippen LogP contribution in [0.2, 0.25) is 0 Å². The molecule has 2 heteroatoms. The van der Waals surface area contributed by atoms with Crippen LogP contribution >= 0.6 is 12.6 Å². The van der Waals surface area contributed by atoms with E-state index in [1.54, 1.807) is 0 Å². The molecule has 0 N–H and O–H groups in total. The average molecular weight is 235 g/mol. The van der Waals surface area contributed by atoms with Crippen molar-refractivity contribution >= 4 is 12.6 Å². The van der Waals surface area contributed by atoms with Gasteiger partial charge in [0.1, 0.15) is 0 Å². The van der Waals surface area contributed by atoms with Crippen LogP contribution in [0.4, 0.5) is 0 Å². The molecule has 0 aliphatic heterocycles. The molecule has 0 amide bonds. The molecule has 0 radical (unpaired) electrons. The molecule has 0 heterocycles. The Balaban J connectivity index is 2.62. The van der Waals surface area contributed by atoms with Gasteiger partial charge in [-0.1, -0.05) is 42.5 Å². The van der Waals surface area contributed by atoms with Gasteiger partial charge < -0.3 is 0 Å². The first-order chi connectivity index (χ1) is 7.63. The van der Waals surface area contributed by atoms with Crippen LogP contribution in [0.1, 0.15) is 19.4 Å². The summed E-state index contributed by atoms with van der Waals surface area (Å²) in [5.74, 6) is 0.762. The minimum Gasteiger partial charge on any atom is -0.293 e. The third-order valence-corrected chi connectivity index (χ3v) is 3.06. The van der Waals surface area contributed by atoms with Crippen LogP contribution in [0.5, 0.6) is 0 Å². The van der Waals surface area contributed by atoms with Crippen molar-refractivity contribution in [2.75, 3.05) is 12.3 Å². The monoisotopic (exact) mass is 235 g/mol. The van der Waals surface area contributed by atoms with Crippen molar-refractivity contribution in [3.8, 4) is 0 Å². The van der Waals surface area contributed by atoms with E-state index in [1.165, 1.54) is 11.1 Å². The maximum Gasteiger partial charge on any atom is 0.0239 e. The zero-order valence-corrected chi connectivity index (χ0v) is 11.1. The van der Waals surface area contributed by atoms with E-state index in [-0.39, 0.29) is 0 Å². The van der Waals surface area contributed by atoms with Crippen LogP contribution in [0.25, 0.3) is 0 Å². The zero-order valence-electron chi connectivity index (χ0n) is 10.2. The summed E-state index contributed by atoms with van der Waals surface area (Å²) in [5.41, 5.74) is 2.52. The van der Waals surface area contributed by atoms with Crippen LogP contribution in [0.3, 0.4) is 0 Å². The fourth-order valence-corrected chi connectivity index (χ4v) is 1.68. The molecule has 1 rings (SSSR count). The second kappa shape index (κ2) is 6.77. The summed E-state index contributed by atoms with van der Waals surface area (Å²) in [6.07, 6.45) is 0. The predicted octanol–water partition coefficient (Wildman–Crippen LogP) is 3.38. The van der Waals surface area contributed by atoms with E-state index in [4.69, 9.17) is 0 Å². The van der Waals surface area contributed by atoms with Crippen LogP contribution in [-0.2, 0) is 6.54 Å². The smallest absolute Gasteiger partial charge is 0.0239 e. The van der Waals surface area contributed by atoms with Gasteiger partial charge in [0, 0.05) is 24.9 Å². The number of thiol groups is 1. The minimum absolute atomic E-state index is 0.525. The molecule has 1 nitrogen and oxygen atoms in total. The molecule has 16 heavy (non-hydrogen) atoms. The van der Waals surface area contributed by atoms with Crippen LogP contribution < -0.4 is 0 Å². The van der Waals surface area contributed by atoms with Gasteiger partial charge in [0.15, 0.2) is 0 Å². The Bertz CT molecular complexity index is 319. The fourth-order valence-electron chi connectivity index (χ4n) is 1.58. The molecule has 88 valence electrons. The van der Waals surface area contributed by atoms with Gasteiger partial charge in [-0.3, -0.25) is 4.90 Å². The molecule has 0 spiro atoms. The lowest BCUT2D eigenvalue weighted by Gasteiger charge is -2.27. The molecule has 0 aliphatic rings. The summed E-state index contributed by atoms with van der Waals surface area (Å²) in [7, 11) is 0. The Kier molecular flexibility index (Phi) is 5.64. The summed E-state index contributed by atoms with van der Waals surface area (Å²) < 4.78 is 0. The van der Waals surface area contributed by atoms with E-state index in [9.17, 15) is 0 Å². The van der Waals surface area contributed by atoms with Crippen molar-refractivity contribution < 1.29 is 0 Å². The molecule has 0 atom stereocenters. The van der Waals surface area contributed by atoms with Crippen molar-refractivity contribution in [1.82, 2.24) is 4.90 Å². The summed E-state index contributed by atoms with van der Waals surface area (Å²) >= 11 is 4.26. The maximum atomic E-state index is 4.26. The Morgan fingerprint density at radius 1 is 1.31 bits per heavy atom.